The van der Waals surface area contributed by atoms with Gasteiger partial charge in [0.1, 0.15) is 0 Å². The zero-order valence-electron chi connectivity index (χ0n) is 7.97. The summed E-state index contributed by atoms with van der Waals surface area (Å²) in [7, 11) is 0. The molecule has 0 aliphatic heterocycles. The second-order valence-electron chi connectivity index (χ2n) is 3.25. The first kappa shape index (κ1) is 9.45. The first-order valence-electron chi connectivity index (χ1n) is 4.55. The van der Waals surface area contributed by atoms with E-state index in [1.54, 1.807) is 12.4 Å². The largest absolute Gasteiger partial charge is 0.481 e. The third-order valence-corrected chi connectivity index (χ3v) is 2.14. The van der Waals surface area contributed by atoms with Crippen LogP contribution in [-0.4, -0.2) is 21.3 Å². The number of nitrogens with one attached hydrogen (secondary N) is 1. The minimum atomic E-state index is -0.814. The second-order valence-corrected chi connectivity index (χ2v) is 3.25. The zero-order chi connectivity index (χ0) is 10.7. The van der Waals surface area contributed by atoms with Crippen molar-refractivity contribution in [1.29, 1.82) is 0 Å². The Balaban J connectivity index is 2.21. The summed E-state index contributed by atoms with van der Waals surface area (Å²) in [4.78, 5) is 10.5. The fraction of sp³-hybridized carbons (Fsp3) is 0.0909. The summed E-state index contributed by atoms with van der Waals surface area (Å²) in [6.45, 7) is 0. The molecule has 0 amide bonds. The van der Waals surface area contributed by atoms with Gasteiger partial charge in [-0.2, -0.15) is 5.10 Å². The molecule has 0 saturated carbocycles. The van der Waals surface area contributed by atoms with Crippen molar-refractivity contribution < 1.29 is 9.90 Å². The number of H-pyrrole nitrogens is 1. The molecular formula is C11H10N2O2. The van der Waals surface area contributed by atoms with Gasteiger partial charge in [0, 0.05) is 11.8 Å². The lowest BCUT2D eigenvalue weighted by molar-refractivity contribution is -0.136. The number of carbonyl (C=O) groups is 1. The summed E-state index contributed by atoms with van der Waals surface area (Å²) < 4.78 is 0. The van der Waals surface area contributed by atoms with E-state index in [-0.39, 0.29) is 6.42 Å². The Kier molecular flexibility index (Phi) is 2.49. The van der Waals surface area contributed by atoms with E-state index in [2.05, 4.69) is 10.2 Å². The molecule has 4 nitrogen and oxygen atoms in total. The van der Waals surface area contributed by atoms with Crippen LogP contribution >= 0.6 is 0 Å². The van der Waals surface area contributed by atoms with E-state index in [4.69, 9.17) is 5.11 Å². The number of aromatic amines is 1. The molecule has 0 unspecified atom stereocenters. The van der Waals surface area contributed by atoms with Gasteiger partial charge in [0.05, 0.1) is 12.6 Å². The lowest BCUT2D eigenvalue weighted by Crippen LogP contribution is -1.99. The van der Waals surface area contributed by atoms with Gasteiger partial charge in [0.25, 0.3) is 0 Å². The molecule has 0 aliphatic carbocycles. The molecule has 0 radical (unpaired) electrons. The molecule has 0 spiro atoms. The number of aromatic nitrogens is 2. The molecule has 0 bridgehead atoms. The predicted octanol–water partition coefficient (Wildman–Crippen LogP) is 1.70. The Morgan fingerprint density at radius 3 is 2.53 bits per heavy atom. The van der Waals surface area contributed by atoms with Gasteiger partial charge in [-0.15, -0.1) is 0 Å². The first-order chi connectivity index (χ1) is 7.25. The molecular weight excluding hydrogens is 192 g/mol. The van der Waals surface area contributed by atoms with Crippen molar-refractivity contribution in [2.75, 3.05) is 0 Å². The maximum absolute atomic E-state index is 10.5. The summed E-state index contributed by atoms with van der Waals surface area (Å²) in [5, 5.41) is 15.2. The smallest absolute Gasteiger partial charge is 0.307 e. The number of aliphatic carboxylic acids is 1. The topological polar surface area (TPSA) is 66.0 Å². The Labute approximate surface area is 86.6 Å². The molecule has 1 heterocycles. The van der Waals surface area contributed by atoms with E-state index in [9.17, 15) is 4.79 Å². The van der Waals surface area contributed by atoms with Crippen molar-refractivity contribution in [1.82, 2.24) is 10.2 Å². The third-order valence-electron chi connectivity index (χ3n) is 2.14. The van der Waals surface area contributed by atoms with E-state index in [1.807, 2.05) is 24.3 Å². The van der Waals surface area contributed by atoms with Crippen LogP contribution in [-0.2, 0) is 11.2 Å². The monoisotopic (exact) mass is 202 g/mol. The molecule has 0 atom stereocenters. The molecule has 2 aromatic rings. The van der Waals surface area contributed by atoms with E-state index in [0.29, 0.717) is 0 Å². The van der Waals surface area contributed by atoms with Gasteiger partial charge in [0.2, 0.25) is 0 Å². The zero-order valence-corrected chi connectivity index (χ0v) is 7.97. The lowest BCUT2D eigenvalue weighted by atomic mass is 10.1. The highest BCUT2D eigenvalue weighted by molar-refractivity contribution is 5.71. The highest BCUT2D eigenvalue weighted by Gasteiger charge is 2.01. The molecule has 0 saturated heterocycles. The normalized spacial score (nSPS) is 10.1. The minimum Gasteiger partial charge on any atom is -0.481 e. The van der Waals surface area contributed by atoms with Crippen LogP contribution < -0.4 is 0 Å². The highest BCUT2D eigenvalue weighted by Crippen LogP contribution is 2.17. The average Bonchev–Trinajstić information content (AvgIpc) is 2.71. The third kappa shape index (κ3) is 2.22. The van der Waals surface area contributed by atoms with Crippen molar-refractivity contribution in [2.45, 2.75) is 6.42 Å². The van der Waals surface area contributed by atoms with Gasteiger partial charge in [-0.1, -0.05) is 24.3 Å². The van der Waals surface area contributed by atoms with Gasteiger partial charge in [-0.05, 0) is 11.1 Å². The minimum absolute atomic E-state index is 0.0612. The number of benzene rings is 1. The van der Waals surface area contributed by atoms with Gasteiger partial charge >= 0.3 is 5.97 Å². The van der Waals surface area contributed by atoms with E-state index in [1.165, 1.54) is 0 Å². The number of hydrogen-bond donors (Lipinski definition) is 2. The molecule has 2 rings (SSSR count). The number of carboxylic acids is 1. The summed E-state index contributed by atoms with van der Waals surface area (Å²) >= 11 is 0. The van der Waals surface area contributed by atoms with Crippen LogP contribution in [0.1, 0.15) is 5.56 Å². The van der Waals surface area contributed by atoms with Gasteiger partial charge < -0.3 is 5.11 Å². The van der Waals surface area contributed by atoms with Crippen LogP contribution in [0.2, 0.25) is 0 Å². The Bertz CT molecular complexity index is 446. The molecule has 2 N–H and O–H groups in total. The molecule has 4 heteroatoms. The Hall–Kier alpha value is -2.10. The average molecular weight is 202 g/mol. The summed E-state index contributed by atoms with van der Waals surface area (Å²) in [5.74, 6) is -0.814. The number of rotatable bonds is 3. The number of nitrogens with zero attached hydrogens (tertiary/aromatic N) is 1. The van der Waals surface area contributed by atoms with Crippen molar-refractivity contribution in [3.05, 3.63) is 42.2 Å². The fourth-order valence-corrected chi connectivity index (χ4v) is 1.40. The molecule has 1 aromatic carbocycles. The Morgan fingerprint density at radius 1 is 1.27 bits per heavy atom. The number of carboxylic acid groups (broad SMARTS) is 1. The molecule has 15 heavy (non-hydrogen) atoms. The molecule has 76 valence electrons. The summed E-state index contributed by atoms with van der Waals surface area (Å²) in [6, 6.07) is 7.42. The van der Waals surface area contributed by atoms with Gasteiger partial charge in [0.15, 0.2) is 0 Å². The van der Waals surface area contributed by atoms with Crippen molar-refractivity contribution >= 4 is 5.97 Å². The second kappa shape index (κ2) is 3.96. The maximum Gasteiger partial charge on any atom is 0.307 e. The molecule has 1 aromatic heterocycles. The quantitative estimate of drug-likeness (QED) is 0.796. The van der Waals surface area contributed by atoms with Crippen LogP contribution in [0.4, 0.5) is 0 Å². The van der Waals surface area contributed by atoms with Gasteiger partial charge in [-0.25, -0.2) is 0 Å². The fourth-order valence-electron chi connectivity index (χ4n) is 1.40. The van der Waals surface area contributed by atoms with E-state index >= 15 is 0 Å². The maximum atomic E-state index is 10.5. The lowest BCUT2D eigenvalue weighted by Gasteiger charge is -1.99. The van der Waals surface area contributed by atoms with Crippen molar-refractivity contribution in [3.8, 4) is 11.1 Å². The van der Waals surface area contributed by atoms with Crippen LogP contribution in [0, 0.1) is 0 Å². The van der Waals surface area contributed by atoms with Crippen molar-refractivity contribution in [2.24, 2.45) is 0 Å². The first-order valence-corrected chi connectivity index (χ1v) is 4.55. The standard InChI is InChI=1S/C11H10N2O2/c14-11(15)5-8-1-3-9(4-2-8)10-6-12-13-7-10/h1-4,6-7H,5H2,(H,12,13)(H,14,15). The van der Waals surface area contributed by atoms with Crippen LogP contribution in [0.15, 0.2) is 36.7 Å². The van der Waals surface area contributed by atoms with Crippen LogP contribution in [0.25, 0.3) is 11.1 Å². The highest BCUT2D eigenvalue weighted by atomic mass is 16.4. The SMILES string of the molecule is O=C(O)Cc1ccc(-c2cn[nH]c2)cc1. The molecule has 0 aliphatic rings. The molecule has 0 fully saturated rings. The number of hydrogen-bond acceptors (Lipinski definition) is 2. The Morgan fingerprint density at radius 2 is 2.00 bits per heavy atom. The van der Waals surface area contributed by atoms with E-state index < -0.39 is 5.97 Å². The predicted molar refractivity (Wildman–Crippen MR) is 55.4 cm³/mol. The summed E-state index contributed by atoms with van der Waals surface area (Å²) in [5.41, 5.74) is 2.82. The van der Waals surface area contributed by atoms with Crippen LogP contribution in [0.5, 0.6) is 0 Å². The van der Waals surface area contributed by atoms with Crippen molar-refractivity contribution in [3.63, 3.8) is 0 Å². The van der Waals surface area contributed by atoms with Gasteiger partial charge in [-0.3, -0.25) is 9.89 Å². The van der Waals surface area contributed by atoms with E-state index in [0.717, 1.165) is 16.7 Å². The van der Waals surface area contributed by atoms with Crippen LogP contribution in [0.3, 0.4) is 0 Å². The summed E-state index contributed by atoms with van der Waals surface area (Å²) in [6.07, 6.45) is 3.59.